The standard InChI is InChI=1S/C15H11ClF3NO/c16-13-6-5-10(15(17,18)19)8-12(13)11-4-2-1-3-9(11)7-14(20)21/h1-6,8H,7H2,(H2,20,21). The Morgan fingerprint density at radius 2 is 1.76 bits per heavy atom. The summed E-state index contributed by atoms with van der Waals surface area (Å²) in [6, 6.07) is 9.68. The molecule has 2 nitrogen and oxygen atoms in total. The van der Waals surface area contributed by atoms with Gasteiger partial charge < -0.3 is 5.73 Å². The van der Waals surface area contributed by atoms with Crippen molar-refractivity contribution in [2.24, 2.45) is 5.73 Å². The molecule has 0 saturated heterocycles. The first-order valence-electron chi connectivity index (χ1n) is 6.02. The Hall–Kier alpha value is -2.01. The fourth-order valence-electron chi connectivity index (χ4n) is 2.03. The molecule has 0 radical (unpaired) electrons. The summed E-state index contributed by atoms with van der Waals surface area (Å²) in [6.07, 6.45) is -4.53. The molecule has 0 aliphatic heterocycles. The normalized spacial score (nSPS) is 11.4. The second-order valence-electron chi connectivity index (χ2n) is 4.49. The van der Waals surface area contributed by atoms with Gasteiger partial charge in [0, 0.05) is 10.6 Å². The SMILES string of the molecule is NC(=O)Cc1ccccc1-c1cc(C(F)(F)F)ccc1Cl. The molecule has 2 N–H and O–H groups in total. The molecule has 0 saturated carbocycles. The van der Waals surface area contributed by atoms with Crippen molar-refractivity contribution in [3.05, 3.63) is 58.6 Å². The maximum atomic E-state index is 12.8. The Bertz CT molecular complexity index is 683. The average molecular weight is 314 g/mol. The number of alkyl halides is 3. The van der Waals surface area contributed by atoms with Crippen LogP contribution in [0, 0.1) is 0 Å². The van der Waals surface area contributed by atoms with Crippen LogP contribution in [0.1, 0.15) is 11.1 Å². The zero-order valence-corrected chi connectivity index (χ0v) is 11.5. The predicted octanol–water partition coefficient (Wildman–Crippen LogP) is 4.05. The van der Waals surface area contributed by atoms with E-state index in [0.29, 0.717) is 11.1 Å². The van der Waals surface area contributed by atoms with Crippen LogP contribution < -0.4 is 5.73 Å². The number of amides is 1. The van der Waals surface area contributed by atoms with E-state index in [1.54, 1.807) is 24.3 Å². The van der Waals surface area contributed by atoms with Crippen LogP contribution in [0.15, 0.2) is 42.5 Å². The van der Waals surface area contributed by atoms with Gasteiger partial charge in [0.25, 0.3) is 0 Å². The van der Waals surface area contributed by atoms with Crippen LogP contribution in [-0.2, 0) is 17.4 Å². The van der Waals surface area contributed by atoms with E-state index in [2.05, 4.69) is 0 Å². The molecule has 6 heteroatoms. The quantitative estimate of drug-likeness (QED) is 0.912. The van der Waals surface area contributed by atoms with E-state index in [1.165, 1.54) is 6.07 Å². The van der Waals surface area contributed by atoms with Crippen molar-refractivity contribution in [3.8, 4) is 11.1 Å². The van der Waals surface area contributed by atoms with Crippen molar-refractivity contribution >= 4 is 17.5 Å². The van der Waals surface area contributed by atoms with Crippen molar-refractivity contribution in [3.63, 3.8) is 0 Å². The first-order chi connectivity index (χ1) is 9.79. The van der Waals surface area contributed by atoms with E-state index in [9.17, 15) is 18.0 Å². The molecule has 0 aliphatic carbocycles. The summed E-state index contributed by atoms with van der Waals surface area (Å²) in [4.78, 5) is 11.1. The van der Waals surface area contributed by atoms with Gasteiger partial charge in [0.1, 0.15) is 0 Å². The number of rotatable bonds is 3. The van der Waals surface area contributed by atoms with Crippen molar-refractivity contribution in [1.29, 1.82) is 0 Å². The molecule has 0 atom stereocenters. The van der Waals surface area contributed by atoms with E-state index in [0.717, 1.165) is 12.1 Å². The number of halogens is 4. The number of nitrogens with two attached hydrogens (primary N) is 1. The molecular formula is C15H11ClF3NO. The van der Waals surface area contributed by atoms with Crippen molar-refractivity contribution < 1.29 is 18.0 Å². The molecule has 0 fully saturated rings. The Kier molecular flexibility index (Phi) is 4.23. The third kappa shape index (κ3) is 3.55. The molecule has 0 heterocycles. The lowest BCUT2D eigenvalue weighted by Crippen LogP contribution is -2.14. The summed E-state index contributed by atoms with van der Waals surface area (Å²) in [5.74, 6) is -0.564. The van der Waals surface area contributed by atoms with Crippen molar-refractivity contribution in [2.45, 2.75) is 12.6 Å². The Morgan fingerprint density at radius 1 is 1.10 bits per heavy atom. The summed E-state index contributed by atoms with van der Waals surface area (Å²) in [7, 11) is 0. The fraction of sp³-hybridized carbons (Fsp3) is 0.133. The van der Waals surface area contributed by atoms with Gasteiger partial charge in [-0.1, -0.05) is 35.9 Å². The first-order valence-corrected chi connectivity index (χ1v) is 6.40. The Morgan fingerprint density at radius 3 is 2.38 bits per heavy atom. The van der Waals surface area contributed by atoms with Crippen LogP contribution in [0.5, 0.6) is 0 Å². The van der Waals surface area contributed by atoms with E-state index in [-0.39, 0.29) is 17.0 Å². The Balaban J connectivity index is 2.59. The van der Waals surface area contributed by atoms with E-state index < -0.39 is 17.6 Å². The van der Waals surface area contributed by atoms with Gasteiger partial charge in [-0.25, -0.2) is 0 Å². The molecule has 2 aromatic rings. The van der Waals surface area contributed by atoms with Gasteiger partial charge in [0.15, 0.2) is 0 Å². The highest BCUT2D eigenvalue weighted by Gasteiger charge is 2.31. The number of primary amides is 1. The molecule has 1 amide bonds. The molecule has 21 heavy (non-hydrogen) atoms. The summed E-state index contributed by atoms with van der Waals surface area (Å²) in [5, 5.41) is 0.180. The molecule has 0 unspecified atom stereocenters. The molecule has 2 rings (SSSR count). The second-order valence-corrected chi connectivity index (χ2v) is 4.90. The lowest BCUT2D eigenvalue weighted by molar-refractivity contribution is -0.137. The molecule has 110 valence electrons. The highest BCUT2D eigenvalue weighted by atomic mass is 35.5. The second kappa shape index (κ2) is 5.77. The van der Waals surface area contributed by atoms with Crippen LogP contribution in [0.25, 0.3) is 11.1 Å². The molecule has 0 aliphatic rings. The summed E-state index contributed by atoms with van der Waals surface area (Å²) in [6.45, 7) is 0. The third-order valence-corrected chi connectivity index (χ3v) is 3.30. The minimum atomic E-state index is -4.46. The molecule has 2 aromatic carbocycles. The minimum Gasteiger partial charge on any atom is -0.369 e. The first kappa shape index (κ1) is 15.4. The number of carbonyl (C=O) groups is 1. The Labute approximate surface area is 124 Å². The van der Waals surface area contributed by atoms with E-state index in [4.69, 9.17) is 17.3 Å². The van der Waals surface area contributed by atoms with Gasteiger partial charge in [-0.15, -0.1) is 0 Å². The zero-order valence-electron chi connectivity index (χ0n) is 10.7. The van der Waals surface area contributed by atoms with Gasteiger partial charge in [-0.3, -0.25) is 4.79 Å². The number of hydrogen-bond donors (Lipinski definition) is 1. The van der Waals surface area contributed by atoms with Gasteiger partial charge in [0.05, 0.1) is 12.0 Å². The summed E-state index contributed by atoms with van der Waals surface area (Å²) >= 11 is 6.01. The monoisotopic (exact) mass is 313 g/mol. The lowest BCUT2D eigenvalue weighted by Gasteiger charge is -2.13. The molecular weight excluding hydrogens is 303 g/mol. The average Bonchev–Trinajstić information content (AvgIpc) is 2.38. The van der Waals surface area contributed by atoms with Crippen LogP contribution in [0.4, 0.5) is 13.2 Å². The van der Waals surface area contributed by atoms with Crippen molar-refractivity contribution in [2.75, 3.05) is 0 Å². The fourth-order valence-corrected chi connectivity index (χ4v) is 2.25. The smallest absolute Gasteiger partial charge is 0.369 e. The van der Waals surface area contributed by atoms with Gasteiger partial charge >= 0.3 is 6.18 Å². The largest absolute Gasteiger partial charge is 0.416 e. The van der Waals surface area contributed by atoms with Gasteiger partial charge in [0.2, 0.25) is 5.91 Å². The van der Waals surface area contributed by atoms with Crippen LogP contribution in [-0.4, -0.2) is 5.91 Å². The minimum absolute atomic E-state index is 0.0667. The van der Waals surface area contributed by atoms with Crippen molar-refractivity contribution in [1.82, 2.24) is 0 Å². The van der Waals surface area contributed by atoms with Gasteiger partial charge in [-0.2, -0.15) is 13.2 Å². The number of benzene rings is 2. The summed E-state index contributed by atoms with van der Waals surface area (Å²) < 4.78 is 38.4. The topological polar surface area (TPSA) is 43.1 Å². The van der Waals surface area contributed by atoms with E-state index >= 15 is 0 Å². The number of carbonyl (C=O) groups excluding carboxylic acids is 1. The van der Waals surface area contributed by atoms with Crippen LogP contribution >= 0.6 is 11.6 Å². The van der Waals surface area contributed by atoms with Crippen LogP contribution in [0.3, 0.4) is 0 Å². The highest BCUT2D eigenvalue weighted by molar-refractivity contribution is 6.33. The van der Waals surface area contributed by atoms with E-state index in [1.807, 2.05) is 0 Å². The third-order valence-electron chi connectivity index (χ3n) is 2.97. The molecule has 0 aromatic heterocycles. The lowest BCUT2D eigenvalue weighted by atomic mass is 9.96. The van der Waals surface area contributed by atoms with Crippen LogP contribution in [0.2, 0.25) is 5.02 Å². The highest BCUT2D eigenvalue weighted by Crippen LogP contribution is 2.37. The maximum absolute atomic E-state index is 12.8. The molecule has 0 spiro atoms. The van der Waals surface area contributed by atoms with Gasteiger partial charge in [-0.05, 0) is 29.3 Å². The molecule has 0 bridgehead atoms. The number of hydrogen-bond acceptors (Lipinski definition) is 1. The maximum Gasteiger partial charge on any atom is 0.416 e. The predicted molar refractivity (Wildman–Crippen MR) is 74.8 cm³/mol. The zero-order chi connectivity index (χ0) is 15.6. The summed E-state index contributed by atoms with van der Waals surface area (Å²) in [5.41, 5.74) is 5.59.